The first kappa shape index (κ1) is 31.0. The minimum Gasteiger partial charge on any atom is -0.308 e. The number of aryl methyl sites for hydroxylation is 4. The van der Waals surface area contributed by atoms with Crippen molar-refractivity contribution < 1.29 is 13.2 Å². The molecule has 6 aromatic carbocycles. The van der Waals surface area contributed by atoms with Crippen LogP contribution in [0, 0.1) is 45.9 Å². The van der Waals surface area contributed by atoms with E-state index in [9.17, 15) is 5.26 Å². The number of benzene rings is 6. The lowest BCUT2D eigenvalue weighted by molar-refractivity contribution is -0.137. The van der Waals surface area contributed by atoms with Gasteiger partial charge in [0.1, 0.15) is 6.07 Å². The fourth-order valence-corrected chi connectivity index (χ4v) is 7.14. The van der Waals surface area contributed by atoms with Crippen LogP contribution in [0.3, 0.4) is 0 Å². The van der Waals surface area contributed by atoms with Crippen LogP contribution in [0.5, 0.6) is 0 Å². The quantitative estimate of drug-likeness (QED) is 0.189. The summed E-state index contributed by atoms with van der Waals surface area (Å²) in [5.74, 6) is 0. The molecule has 0 aliphatic heterocycles. The third-order valence-corrected chi connectivity index (χ3v) is 9.48. The lowest BCUT2D eigenvalue weighted by Gasteiger charge is -2.22. The molecule has 0 atom stereocenters. The fourth-order valence-electron chi connectivity index (χ4n) is 7.14. The Morgan fingerprint density at radius 2 is 1.21 bits per heavy atom. The van der Waals surface area contributed by atoms with Crippen molar-refractivity contribution in [1.29, 1.82) is 5.26 Å². The number of nitrogens with zero attached hydrogens (tertiary/aromatic N) is 2. The molecule has 0 spiro atoms. The molecule has 7 rings (SSSR count). The first-order valence-electron chi connectivity index (χ1n) is 15.9. The Labute approximate surface area is 278 Å². The number of nitriles is 1. The molecule has 236 valence electrons. The number of aromatic nitrogens is 1. The van der Waals surface area contributed by atoms with Gasteiger partial charge < -0.3 is 4.57 Å². The molecule has 2 nitrogen and oxygen atoms in total. The fraction of sp³-hybridized carbons (Fsp3) is 0.140. The van der Waals surface area contributed by atoms with Crippen LogP contribution >= 0.6 is 0 Å². The Morgan fingerprint density at radius 1 is 0.562 bits per heavy atom. The second kappa shape index (κ2) is 11.6. The topological polar surface area (TPSA) is 28.7 Å². The molecule has 0 saturated carbocycles. The molecule has 0 unspecified atom stereocenters. The van der Waals surface area contributed by atoms with Gasteiger partial charge in [-0.2, -0.15) is 18.4 Å². The van der Waals surface area contributed by atoms with Gasteiger partial charge >= 0.3 is 6.18 Å². The van der Waals surface area contributed by atoms with Crippen LogP contribution in [0.4, 0.5) is 13.2 Å². The Hall–Kier alpha value is -5.60. The molecule has 0 radical (unpaired) electrons. The van der Waals surface area contributed by atoms with Crippen molar-refractivity contribution >= 4 is 21.8 Å². The van der Waals surface area contributed by atoms with E-state index in [1.165, 1.54) is 6.07 Å². The van der Waals surface area contributed by atoms with E-state index in [1.54, 1.807) is 25.1 Å². The normalized spacial score (nSPS) is 11.7. The van der Waals surface area contributed by atoms with Gasteiger partial charge in [-0.05, 0) is 116 Å². The maximum absolute atomic E-state index is 15.0. The van der Waals surface area contributed by atoms with Gasteiger partial charge in [0.25, 0.3) is 0 Å². The van der Waals surface area contributed by atoms with E-state index in [0.29, 0.717) is 27.9 Å². The Bertz CT molecular complexity index is 2460. The molecule has 0 aliphatic rings. The first-order chi connectivity index (χ1) is 23.0. The summed E-state index contributed by atoms with van der Waals surface area (Å²) >= 11 is 0. The van der Waals surface area contributed by atoms with Crippen molar-refractivity contribution in [3.8, 4) is 45.1 Å². The number of para-hydroxylation sites is 1. The van der Waals surface area contributed by atoms with E-state index in [1.807, 2.05) is 86.9 Å². The highest BCUT2D eigenvalue weighted by molar-refractivity contribution is 6.09. The maximum atomic E-state index is 15.0. The Morgan fingerprint density at radius 3 is 1.96 bits per heavy atom. The Balaban J connectivity index is 1.56. The number of hydrogen-bond acceptors (Lipinski definition) is 1. The zero-order chi connectivity index (χ0) is 33.9. The zero-order valence-corrected chi connectivity index (χ0v) is 27.4. The van der Waals surface area contributed by atoms with Crippen LogP contribution in [0.15, 0.2) is 109 Å². The molecular formula is C43H33F3N2. The van der Waals surface area contributed by atoms with Gasteiger partial charge in [-0.3, -0.25) is 0 Å². The van der Waals surface area contributed by atoms with Crippen molar-refractivity contribution in [3.63, 3.8) is 0 Å². The van der Waals surface area contributed by atoms with E-state index >= 15 is 13.2 Å². The van der Waals surface area contributed by atoms with E-state index in [2.05, 4.69) is 30.3 Å². The molecule has 1 aromatic heterocycles. The summed E-state index contributed by atoms with van der Waals surface area (Å²) in [7, 11) is 0. The molecule has 0 amide bonds. The van der Waals surface area contributed by atoms with E-state index < -0.39 is 11.7 Å². The predicted molar refractivity (Wildman–Crippen MR) is 190 cm³/mol. The summed E-state index contributed by atoms with van der Waals surface area (Å²) in [5, 5.41) is 12.4. The van der Waals surface area contributed by atoms with Gasteiger partial charge in [0.2, 0.25) is 0 Å². The standard InChI is InChI=1S/C43H33F3N2/c1-25-16-18-27(3)35(20-25)32-12-8-11-31(29(32)5)34-13-9-14-38(43(44,45)46)42(34)36-23-41(30(24-47)22-28(36)4)48-39-15-7-6-10-33(39)37-21-26(2)17-19-40(37)48/h6-23H,1-5H3. The lowest BCUT2D eigenvalue weighted by atomic mass is 9.84. The third kappa shape index (κ3) is 5.05. The maximum Gasteiger partial charge on any atom is 0.417 e. The average Bonchev–Trinajstić information content (AvgIpc) is 3.38. The number of rotatable bonds is 4. The highest BCUT2D eigenvalue weighted by atomic mass is 19.4. The van der Waals surface area contributed by atoms with Crippen molar-refractivity contribution in [2.75, 3.05) is 0 Å². The molecule has 0 saturated heterocycles. The van der Waals surface area contributed by atoms with Gasteiger partial charge in [0.15, 0.2) is 0 Å². The molecular weight excluding hydrogens is 601 g/mol. The van der Waals surface area contributed by atoms with Gasteiger partial charge in [0, 0.05) is 16.3 Å². The number of hydrogen-bond donors (Lipinski definition) is 0. The highest BCUT2D eigenvalue weighted by Gasteiger charge is 2.36. The molecule has 0 bridgehead atoms. The first-order valence-corrected chi connectivity index (χ1v) is 15.9. The molecule has 0 fully saturated rings. The molecule has 7 aromatic rings. The van der Waals surface area contributed by atoms with Crippen molar-refractivity contribution in [3.05, 3.63) is 148 Å². The van der Waals surface area contributed by atoms with Crippen LogP contribution in [-0.2, 0) is 6.18 Å². The zero-order valence-electron chi connectivity index (χ0n) is 27.4. The second-order valence-electron chi connectivity index (χ2n) is 12.7. The average molecular weight is 635 g/mol. The van der Waals surface area contributed by atoms with Crippen LogP contribution in [0.1, 0.15) is 38.9 Å². The van der Waals surface area contributed by atoms with Gasteiger partial charge in [-0.1, -0.05) is 83.9 Å². The van der Waals surface area contributed by atoms with E-state index in [-0.39, 0.29) is 5.56 Å². The minimum atomic E-state index is -4.62. The number of halogens is 3. The van der Waals surface area contributed by atoms with Crippen molar-refractivity contribution in [2.45, 2.75) is 40.8 Å². The van der Waals surface area contributed by atoms with E-state index in [4.69, 9.17) is 0 Å². The Kier molecular flexibility index (Phi) is 7.48. The van der Waals surface area contributed by atoms with Crippen LogP contribution in [-0.4, -0.2) is 4.57 Å². The highest BCUT2D eigenvalue weighted by Crippen LogP contribution is 2.47. The largest absolute Gasteiger partial charge is 0.417 e. The van der Waals surface area contributed by atoms with Crippen molar-refractivity contribution in [2.24, 2.45) is 0 Å². The van der Waals surface area contributed by atoms with Crippen LogP contribution in [0.25, 0.3) is 60.9 Å². The predicted octanol–water partition coefficient (Wildman–Crippen LogP) is 12.2. The van der Waals surface area contributed by atoms with Gasteiger partial charge in [-0.15, -0.1) is 0 Å². The smallest absolute Gasteiger partial charge is 0.308 e. The third-order valence-electron chi connectivity index (χ3n) is 9.48. The molecule has 0 N–H and O–H groups in total. The molecule has 0 aliphatic carbocycles. The summed E-state index contributed by atoms with van der Waals surface area (Å²) in [6.07, 6.45) is -4.62. The summed E-state index contributed by atoms with van der Waals surface area (Å²) in [4.78, 5) is 0. The van der Waals surface area contributed by atoms with Crippen LogP contribution < -0.4 is 0 Å². The van der Waals surface area contributed by atoms with E-state index in [0.717, 1.165) is 66.8 Å². The van der Waals surface area contributed by atoms with Crippen LogP contribution in [0.2, 0.25) is 0 Å². The molecule has 48 heavy (non-hydrogen) atoms. The number of alkyl halides is 3. The minimum absolute atomic E-state index is 0.103. The summed E-state index contributed by atoms with van der Waals surface area (Å²) in [6, 6.07) is 36.4. The van der Waals surface area contributed by atoms with Gasteiger partial charge in [0.05, 0.1) is 27.8 Å². The summed E-state index contributed by atoms with van der Waals surface area (Å²) in [6.45, 7) is 9.88. The monoisotopic (exact) mass is 634 g/mol. The summed E-state index contributed by atoms with van der Waals surface area (Å²) in [5.41, 5.74) is 10.6. The lowest BCUT2D eigenvalue weighted by Crippen LogP contribution is -2.09. The SMILES string of the molecule is Cc1ccc(C)c(-c2cccc(-c3cccc(C(F)(F)F)c3-c3cc(-n4c5ccccc5c5cc(C)ccc54)c(C#N)cc3C)c2C)c1. The summed E-state index contributed by atoms with van der Waals surface area (Å²) < 4.78 is 47.1. The molecule has 5 heteroatoms. The van der Waals surface area contributed by atoms with Crippen molar-refractivity contribution in [1.82, 2.24) is 4.57 Å². The number of fused-ring (bicyclic) bond motifs is 3. The van der Waals surface area contributed by atoms with Gasteiger partial charge in [-0.25, -0.2) is 0 Å². The molecule has 1 heterocycles. The second-order valence-corrected chi connectivity index (χ2v) is 12.7.